The summed E-state index contributed by atoms with van der Waals surface area (Å²) >= 11 is 7.99. The molecule has 0 amide bonds. The average molecular weight is 446 g/mol. The van der Waals surface area contributed by atoms with Crippen LogP contribution in [0.2, 0.25) is 5.02 Å². The molecule has 0 spiro atoms. The number of hydrogen-bond donors (Lipinski definition) is 0. The van der Waals surface area contributed by atoms with Gasteiger partial charge in [-0.05, 0) is 30.0 Å². The Hall–Kier alpha value is -2.19. The number of benzene rings is 1. The van der Waals surface area contributed by atoms with E-state index in [1.54, 1.807) is 11.3 Å². The Morgan fingerprint density at radius 1 is 1.23 bits per heavy atom. The number of esters is 1. The van der Waals surface area contributed by atoms with E-state index in [0.717, 1.165) is 54.6 Å². The van der Waals surface area contributed by atoms with Crippen molar-refractivity contribution in [2.45, 2.75) is 19.5 Å². The summed E-state index contributed by atoms with van der Waals surface area (Å²) in [4.78, 5) is 22.7. The number of ether oxygens (including phenoxy) is 1. The molecule has 1 fully saturated rings. The van der Waals surface area contributed by atoms with Gasteiger partial charge in [-0.2, -0.15) is 0 Å². The van der Waals surface area contributed by atoms with E-state index in [1.807, 2.05) is 48.7 Å². The molecule has 3 aromatic rings. The number of piperazine rings is 1. The van der Waals surface area contributed by atoms with E-state index in [-0.39, 0.29) is 5.97 Å². The molecule has 0 bridgehead atoms. The predicted molar refractivity (Wildman–Crippen MR) is 118 cm³/mol. The number of methoxy groups -OCH3 is 1. The zero-order chi connectivity index (χ0) is 21.1. The van der Waals surface area contributed by atoms with E-state index in [2.05, 4.69) is 9.80 Å². The van der Waals surface area contributed by atoms with Crippen LogP contribution < -0.4 is 0 Å². The van der Waals surface area contributed by atoms with Crippen molar-refractivity contribution in [1.82, 2.24) is 14.8 Å². The van der Waals surface area contributed by atoms with Gasteiger partial charge in [0.1, 0.15) is 11.8 Å². The zero-order valence-corrected chi connectivity index (χ0v) is 18.6. The summed E-state index contributed by atoms with van der Waals surface area (Å²) in [5, 5.41) is 2.60. The number of hydrogen-bond acceptors (Lipinski definition) is 7. The second kappa shape index (κ2) is 9.31. The molecule has 158 valence electrons. The van der Waals surface area contributed by atoms with Crippen LogP contribution in [-0.4, -0.2) is 54.0 Å². The van der Waals surface area contributed by atoms with Gasteiger partial charge in [0.05, 0.1) is 17.7 Å². The molecule has 8 heteroatoms. The van der Waals surface area contributed by atoms with E-state index in [9.17, 15) is 4.79 Å². The number of thiophene rings is 1. The molecule has 0 unspecified atom stereocenters. The first-order chi connectivity index (χ1) is 14.6. The summed E-state index contributed by atoms with van der Waals surface area (Å²) in [7, 11) is 1.42. The highest BCUT2D eigenvalue weighted by Crippen LogP contribution is 2.30. The summed E-state index contributed by atoms with van der Waals surface area (Å²) in [6, 6.07) is 11.0. The first kappa shape index (κ1) is 21.1. The normalized spacial score (nSPS) is 16.5. The molecule has 1 aliphatic rings. The van der Waals surface area contributed by atoms with Gasteiger partial charge in [-0.25, -0.2) is 9.78 Å². The third kappa shape index (κ3) is 4.44. The molecule has 0 N–H and O–H groups in total. The number of carbonyl (C=O) groups excluding carboxylic acids is 1. The Labute approximate surface area is 185 Å². The SMILES string of the molecule is COC(=O)[C@H](c1ccccc1Cl)N1CCN(Cc2nc(-c3cccs3)oc2C)CC1. The number of nitrogens with zero attached hydrogens (tertiary/aromatic N) is 3. The van der Waals surface area contributed by atoms with Gasteiger partial charge in [0.2, 0.25) is 5.89 Å². The lowest BCUT2D eigenvalue weighted by molar-refractivity contribution is -0.148. The maximum Gasteiger partial charge on any atom is 0.327 e. The Kier molecular flexibility index (Phi) is 6.53. The van der Waals surface area contributed by atoms with E-state index < -0.39 is 6.04 Å². The van der Waals surface area contributed by atoms with Gasteiger partial charge in [-0.3, -0.25) is 9.80 Å². The fraction of sp³-hybridized carbons (Fsp3) is 0.364. The molecule has 0 radical (unpaired) electrons. The van der Waals surface area contributed by atoms with Crippen molar-refractivity contribution in [2.24, 2.45) is 0 Å². The fourth-order valence-electron chi connectivity index (χ4n) is 3.75. The first-order valence-corrected chi connectivity index (χ1v) is 11.1. The highest BCUT2D eigenvalue weighted by atomic mass is 35.5. The van der Waals surface area contributed by atoms with Crippen molar-refractivity contribution in [2.75, 3.05) is 33.3 Å². The molecule has 1 atom stereocenters. The minimum atomic E-state index is -0.495. The van der Waals surface area contributed by atoms with Gasteiger partial charge < -0.3 is 9.15 Å². The summed E-state index contributed by atoms with van der Waals surface area (Å²) in [6.45, 7) is 5.79. The van der Waals surface area contributed by atoms with Gasteiger partial charge >= 0.3 is 5.97 Å². The molecule has 1 aliphatic heterocycles. The topological polar surface area (TPSA) is 58.8 Å². The molecule has 30 heavy (non-hydrogen) atoms. The Bertz CT molecular complexity index is 997. The van der Waals surface area contributed by atoms with Crippen LogP contribution in [0.3, 0.4) is 0 Å². The van der Waals surface area contributed by atoms with Crippen LogP contribution in [-0.2, 0) is 16.1 Å². The first-order valence-electron chi connectivity index (χ1n) is 9.85. The minimum Gasteiger partial charge on any atom is -0.468 e. The maximum atomic E-state index is 12.5. The van der Waals surface area contributed by atoms with Crippen molar-refractivity contribution < 1.29 is 13.9 Å². The number of aromatic nitrogens is 1. The highest BCUT2D eigenvalue weighted by Gasteiger charge is 2.32. The van der Waals surface area contributed by atoms with E-state index in [4.69, 9.17) is 25.7 Å². The summed E-state index contributed by atoms with van der Waals surface area (Å²) in [5.74, 6) is 1.24. The third-order valence-corrected chi connectivity index (χ3v) is 6.60. The van der Waals surface area contributed by atoms with Crippen molar-refractivity contribution in [3.8, 4) is 10.8 Å². The molecule has 2 aromatic heterocycles. The molecule has 1 aromatic carbocycles. The van der Waals surface area contributed by atoms with E-state index in [0.29, 0.717) is 10.9 Å². The van der Waals surface area contributed by atoms with Gasteiger partial charge in [0.25, 0.3) is 0 Å². The maximum absolute atomic E-state index is 12.5. The van der Waals surface area contributed by atoms with Gasteiger partial charge in [-0.1, -0.05) is 35.9 Å². The van der Waals surface area contributed by atoms with Crippen molar-refractivity contribution in [3.05, 3.63) is 63.8 Å². The number of oxazole rings is 1. The van der Waals surface area contributed by atoms with E-state index >= 15 is 0 Å². The van der Waals surface area contributed by atoms with Gasteiger partial charge in [0, 0.05) is 37.7 Å². The standard InChI is InChI=1S/C22H24ClN3O3S/c1-15-18(24-21(29-15)19-8-5-13-30-19)14-25-9-11-26(12-10-25)20(22(27)28-2)16-6-3-4-7-17(16)23/h3-8,13,20H,9-12,14H2,1-2H3/t20-/m0/s1. The second-order valence-corrected chi connectivity index (χ2v) is 8.61. The molecule has 0 saturated carbocycles. The molecule has 4 rings (SSSR count). The number of carbonyl (C=O) groups is 1. The van der Waals surface area contributed by atoms with Crippen LogP contribution in [0.15, 0.2) is 46.2 Å². The second-order valence-electron chi connectivity index (χ2n) is 7.26. The minimum absolute atomic E-state index is 0.288. The third-order valence-electron chi connectivity index (χ3n) is 5.39. The lowest BCUT2D eigenvalue weighted by atomic mass is 10.0. The Balaban J connectivity index is 1.43. The number of rotatable bonds is 6. The lowest BCUT2D eigenvalue weighted by Gasteiger charge is -2.38. The summed E-state index contributed by atoms with van der Waals surface area (Å²) < 4.78 is 10.9. The Morgan fingerprint density at radius 2 is 2.00 bits per heavy atom. The largest absolute Gasteiger partial charge is 0.468 e. The molecule has 0 aliphatic carbocycles. The Morgan fingerprint density at radius 3 is 2.67 bits per heavy atom. The lowest BCUT2D eigenvalue weighted by Crippen LogP contribution is -2.49. The summed E-state index contributed by atoms with van der Waals surface area (Å²) in [6.07, 6.45) is 0. The quantitative estimate of drug-likeness (QED) is 0.524. The van der Waals surface area contributed by atoms with E-state index in [1.165, 1.54) is 7.11 Å². The van der Waals surface area contributed by atoms with Crippen LogP contribution in [0.25, 0.3) is 10.8 Å². The molecule has 6 nitrogen and oxygen atoms in total. The van der Waals surface area contributed by atoms with Gasteiger partial charge in [-0.15, -0.1) is 11.3 Å². The smallest absolute Gasteiger partial charge is 0.327 e. The molecule has 3 heterocycles. The molecular formula is C22H24ClN3O3S. The highest BCUT2D eigenvalue weighted by molar-refractivity contribution is 7.13. The number of halogens is 1. The fourth-order valence-corrected chi connectivity index (χ4v) is 4.64. The average Bonchev–Trinajstić information content (AvgIpc) is 3.41. The van der Waals surface area contributed by atoms with Crippen molar-refractivity contribution >= 4 is 28.9 Å². The monoisotopic (exact) mass is 445 g/mol. The van der Waals surface area contributed by atoms with Crippen molar-refractivity contribution in [3.63, 3.8) is 0 Å². The predicted octanol–water partition coefficient (Wildman–Crippen LogP) is 4.40. The van der Waals surface area contributed by atoms with Gasteiger partial charge in [0.15, 0.2) is 0 Å². The molecular weight excluding hydrogens is 422 g/mol. The summed E-state index contributed by atoms with van der Waals surface area (Å²) in [5.41, 5.74) is 1.75. The molecule has 1 saturated heterocycles. The van der Waals surface area contributed by atoms with Crippen LogP contribution in [0.1, 0.15) is 23.1 Å². The van der Waals surface area contributed by atoms with Crippen LogP contribution in [0.5, 0.6) is 0 Å². The van der Waals surface area contributed by atoms with Crippen LogP contribution in [0.4, 0.5) is 0 Å². The van der Waals surface area contributed by atoms with Crippen LogP contribution in [0, 0.1) is 6.92 Å². The number of aryl methyl sites for hydroxylation is 1. The van der Waals surface area contributed by atoms with Crippen molar-refractivity contribution in [1.29, 1.82) is 0 Å². The zero-order valence-electron chi connectivity index (χ0n) is 17.0. The van der Waals surface area contributed by atoms with Crippen LogP contribution >= 0.6 is 22.9 Å².